The van der Waals surface area contributed by atoms with Crippen molar-refractivity contribution in [3.63, 3.8) is 0 Å². The Morgan fingerprint density at radius 2 is 1.89 bits per heavy atom. The maximum absolute atomic E-state index is 13.2. The first-order chi connectivity index (χ1) is 13.4. The molecule has 1 amide bonds. The summed E-state index contributed by atoms with van der Waals surface area (Å²) >= 11 is 5.91. The van der Waals surface area contributed by atoms with Crippen molar-refractivity contribution in [1.82, 2.24) is 4.90 Å². The van der Waals surface area contributed by atoms with E-state index in [1.807, 2.05) is 25.1 Å². The first kappa shape index (κ1) is 20.7. The summed E-state index contributed by atoms with van der Waals surface area (Å²) in [6, 6.07) is 14.2. The van der Waals surface area contributed by atoms with Crippen LogP contribution < -0.4 is 4.74 Å². The molecule has 5 nitrogen and oxygen atoms in total. The van der Waals surface area contributed by atoms with Crippen LogP contribution >= 0.6 is 11.6 Å². The van der Waals surface area contributed by atoms with Crippen molar-refractivity contribution in [3.8, 4) is 5.75 Å². The second kappa shape index (κ2) is 8.97. The molecule has 1 atom stereocenters. The number of hydrogen-bond donors (Lipinski definition) is 0. The maximum atomic E-state index is 13.2. The summed E-state index contributed by atoms with van der Waals surface area (Å²) in [6.07, 6.45) is 1.25. The molecule has 7 heteroatoms. The van der Waals surface area contributed by atoms with E-state index in [2.05, 4.69) is 0 Å². The molecule has 0 spiro atoms. The van der Waals surface area contributed by atoms with Crippen LogP contribution in [0, 0.1) is 0 Å². The average Bonchev–Trinajstić information content (AvgIpc) is 3.05. The third-order valence-electron chi connectivity index (χ3n) is 4.80. The summed E-state index contributed by atoms with van der Waals surface area (Å²) in [7, 11) is -3.07. The predicted molar refractivity (Wildman–Crippen MR) is 111 cm³/mol. The highest BCUT2D eigenvalue weighted by Gasteiger charge is 2.35. The van der Waals surface area contributed by atoms with Crippen molar-refractivity contribution in [2.24, 2.45) is 0 Å². The summed E-state index contributed by atoms with van der Waals surface area (Å²) in [4.78, 5) is 14.9. The minimum absolute atomic E-state index is 0.0343. The molecule has 0 aliphatic carbocycles. The Kier molecular flexibility index (Phi) is 6.62. The molecular formula is C21H24ClNO4S. The second-order valence-electron chi connectivity index (χ2n) is 6.97. The lowest BCUT2D eigenvalue weighted by Crippen LogP contribution is -2.41. The highest BCUT2D eigenvalue weighted by atomic mass is 35.5. The largest absolute Gasteiger partial charge is 0.488 e. The fourth-order valence-corrected chi connectivity index (χ4v) is 5.23. The van der Waals surface area contributed by atoms with E-state index < -0.39 is 9.84 Å². The monoisotopic (exact) mass is 421 g/mol. The van der Waals surface area contributed by atoms with Gasteiger partial charge in [-0.25, -0.2) is 8.42 Å². The molecule has 150 valence electrons. The van der Waals surface area contributed by atoms with Gasteiger partial charge < -0.3 is 9.64 Å². The van der Waals surface area contributed by atoms with Crippen molar-refractivity contribution in [2.75, 3.05) is 18.1 Å². The Bertz CT molecular complexity index is 928. The third-order valence-corrected chi connectivity index (χ3v) is 6.80. The molecule has 3 rings (SSSR count). The molecule has 0 aromatic heterocycles. The zero-order chi connectivity index (χ0) is 20.1. The van der Waals surface area contributed by atoms with Crippen LogP contribution in [0.25, 0.3) is 0 Å². The third kappa shape index (κ3) is 5.06. The fraction of sp³-hybridized carbons (Fsp3) is 0.381. The van der Waals surface area contributed by atoms with Gasteiger partial charge in [0.05, 0.1) is 17.1 Å². The molecule has 1 unspecified atom stereocenters. The normalized spacial score (nSPS) is 18.0. The van der Waals surface area contributed by atoms with Crippen molar-refractivity contribution in [3.05, 3.63) is 64.7 Å². The van der Waals surface area contributed by atoms with Crippen molar-refractivity contribution < 1.29 is 17.9 Å². The molecule has 1 heterocycles. The summed E-state index contributed by atoms with van der Waals surface area (Å²) in [5.74, 6) is 0.479. The number of rotatable bonds is 7. The van der Waals surface area contributed by atoms with E-state index >= 15 is 0 Å². The van der Waals surface area contributed by atoms with E-state index in [0.717, 1.165) is 12.0 Å². The van der Waals surface area contributed by atoms with Crippen LogP contribution in [0.2, 0.25) is 5.02 Å². The molecular weight excluding hydrogens is 398 g/mol. The van der Waals surface area contributed by atoms with E-state index in [9.17, 15) is 13.2 Å². The molecule has 0 radical (unpaired) electrons. The Morgan fingerprint density at radius 3 is 2.54 bits per heavy atom. The summed E-state index contributed by atoms with van der Waals surface area (Å²) in [5, 5.41) is 0.654. The smallest absolute Gasteiger partial charge is 0.257 e. The quantitative estimate of drug-likeness (QED) is 0.678. The number of carbonyl (C=O) groups is 1. The van der Waals surface area contributed by atoms with Gasteiger partial charge in [-0.05, 0) is 42.7 Å². The van der Waals surface area contributed by atoms with E-state index in [0.29, 0.717) is 35.9 Å². The zero-order valence-electron chi connectivity index (χ0n) is 15.8. The van der Waals surface area contributed by atoms with Crippen LogP contribution in [-0.2, 0) is 16.4 Å². The topological polar surface area (TPSA) is 63.7 Å². The first-order valence-electron chi connectivity index (χ1n) is 9.37. The van der Waals surface area contributed by atoms with Crippen LogP contribution in [-0.4, -0.2) is 43.3 Å². The van der Waals surface area contributed by atoms with Gasteiger partial charge in [0.2, 0.25) is 0 Å². The minimum atomic E-state index is -3.07. The van der Waals surface area contributed by atoms with Gasteiger partial charge in [-0.1, -0.05) is 42.8 Å². The van der Waals surface area contributed by atoms with E-state index in [4.69, 9.17) is 16.3 Å². The number of sulfone groups is 1. The molecule has 0 N–H and O–H groups in total. The number of amides is 1. The molecule has 2 aromatic rings. The molecule has 1 fully saturated rings. The van der Waals surface area contributed by atoms with Crippen LogP contribution in [0.5, 0.6) is 5.75 Å². The Hall–Kier alpha value is -2.05. The molecule has 0 saturated carbocycles. The average molecular weight is 422 g/mol. The van der Waals surface area contributed by atoms with Gasteiger partial charge in [0.25, 0.3) is 5.91 Å². The fourth-order valence-electron chi connectivity index (χ4n) is 3.38. The van der Waals surface area contributed by atoms with Gasteiger partial charge in [0, 0.05) is 17.6 Å². The second-order valence-corrected chi connectivity index (χ2v) is 9.63. The van der Waals surface area contributed by atoms with Gasteiger partial charge in [0.1, 0.15) is 12.4 Å². The van der Waals surface area contributed by atoms with Gasteiger partial charge in [0.15, 0.2) is 9.84 Å². The van der Waals surface area contributed by atoms with Crippen LogP contribution in [0.15, 0.2) is 48.5 Å². The highest BCUT2D eigenvalue weighted by molar-refractivity contribution is 7.91. The van der Waals surface area contributed by atoms with E-state index in [1.165, 1.54) is 0 Å². The molecule has 28 heavy (non-hydrogen) atoms. The SMILES string of the molecule is CCCN(C(=O)c1ccccc1OCc1ccc(Cl)cc1)C1CCS(=O)(=O)C1. The number of nitrogens with zero attached hydrogens (tertiary/aromatic N) is 1. The zero-order valence-corrected chi connectivity index (χ0v) is 17.4. The van der Waals surface area contributed by atoms with Crippen molar-refractivity contribution in [1.29, 1.82) is 0 Å². The Labute approximate surface area is 171 Å². The van der Waals surface area contributed by atoms with E-state index in [-0.39, 0.29) is 23.5 Å². The van der Waals surface area contributed by atoms with Crippen molar-refractivity contribution in [2.45, 2.75) is 32.4 Å². The number of ether oxygens (including phenoxy) is 1. The minimum Gasteiger partial charge on any atom is -0.488 e. The molecule has 1 aliphatic heterocycles. The molecule has 1 aliphatic rings. The number of para-hydroxylation sites is 1. The number of halogens is 1. The highest BCUT2D eigenvalue weighted by Crippen LogP contribution is 2.25. The van der Waals surface area contributed by atoms with Crippen LogP contribution in [0.3, 0.4) is 0 Å². The summed E-state index contributed by atoms with van der Waals surface area (Å²) in [6.45, 7) is 2.81. The lowest BCUT2D eigenvalue weighted by Gasteiger charge is -2.28. The first-order valence-corrected chi connectivity index (χ1v) is 11.6. The standard InChI is InChI=1S/C21H24ClNO4S/c1-2-12-23(18-11-13-28(25,26)15-18)21(24)19-5-3-4-6-20(19)27-14-16-7-9-17(22)10-8-16/h3-10,18H,2,11-15H2,1H3. The molecule has 0 bridgehead atoms. The predicted octanol–water partition coefficient (Wildman–Crippen LogP) is 3.96. The van der Waals surface area contributed by atoms with Gasteiger partial charge in [-0.3, -0.25) is 4.79 Å². The number of benzene rings is 2. The summed E-state index contributed by atoms with van der Waals surface area (Å²) < 4.78 is 29.7. The van der Waals surface area contributed by atoms with Crippen LogP contribution in [0.1, 0.15) is 35.7 Å². The van der Waals surface area contributed by atoms with Gasteiger partial charge in [-0.2, -0.15) is 0 Å². The Morgan fingerprint density at radius 1 is 1.18 bits per heavy atom. The Balaban J connectivity index is 1.79. The van der Waals surface area contributed by atoms with Crippen molar-refractivity contribution >= 4 is 27.3 Å². The van der Waals surface area contributed by atoms with Gasteiger partial charge in [-0.15, -0.1) is 0 Å². The lowest BCUT2D eigenvalue weighted by atomic mass is 10.1. The van der Waals surface area contributed by atoms with Crippen LogP contribution in [0.4, 0.5) is 0 Å². The van der Waals surface area contributed by atoms with Gasteiger partial charge >= 0.3 is 0 Å². The maximum Gasteiger partial charge on any atom is 0.257 e. The molecule has 1 saturated heterocycles. The lowest BCUT2D eigenvalue weighted by molar-refractivity contribution is 0.0692. The number of hydrogen-bond acceptors (Lipinski definition) is 4. The number of carbonyl (C=O) groups excluding carboxylic acids is 1. The van der Waals surface area contributed by atoms with E-state index in [1.54, 1.807) is 35.2 Å². The summed E-state index contributed by atoms with van der Waals surface area (Å²) in [5.41, 5.74) is 1.40. The molecule has 2 aromatic carbocycles.